The molecule has 3 rings (SSSR count). The quantitative estimate of drug-likeness (QED) is 0.551. The molecule has 0 aliphatic heterocycles. The van der Waals surface area contributed by atoms with Crippen LogP contribution in [0.3, 0.4) is 0 Å². The smallest absolute Gasteiger partial charge is 0.412 e. The van der Waals surface area contributed by atoms with Crippen molar-refractivity contribution in [2.45, 2.75) is 39.5 Å². The standard InChI is InChI=1S/C25H27N3O4/c1-25(2,3)32-24(30)28-20-11-7-9-19(15-20)23(29)27-16-18-8-6-12-22(14-18)31-17-21-10-4-5-13-26-21/h4-15H,16-17H2,1-3H3,(H,27,29)(H,28,30). The molecule has 32 heavy (non-hydrogen) atoms. The second-order valence-electron chi connectivity index (χ2n) is 8.15. The molecule has 2 amide bonds. The monoisotopic (exact) mass is 433 g/mol. The van der Waals surface area contributed by atoms with Crippen LogP contribution < -0.4 is 15.4 Å². The lowest BCUT2D eigenvalue weighted by Crippen LogP contribution is -2.27. The van der Waals surface area contributed by atoms with Crippen molar-refractivity contribution in [2.24, 2.45) is 0 Å². The highest BCUT2D eigenvalue weighted by Crippen LogP contribution is 2.16. The Morgan fingerprint density at radius 3 is 2.53 bits per heavy atom. The zero-order chi connectivity index (χ0) is 23.0. The number of carbonyl (C=O) groups excluding carboxylic acids is 2. The second-order valence-corrected chi connectivity index (χ2v) is 8.15. The van der Waals surface area contributed by atoms with E-state index in [1.165, 1.54) is 0 Å². The minimum atomic E-state index is -0.602. The highest BCUT2D eigenvalue weighted by Gasteiger charge is 2.16. The van der Waals surface area contributed by atoms with Crippen LogP contribution in [-0.4, -0.2) is 22.6 Å². The molecule has 0 bridgehead atoms. The molecule has 2 N–H and O–H groups in total. The van der Waals surface area contributed by atoms with Crippen LogP contribution in [0.2, 0.25) is 0 Å². The Bertz CT molecular complexity index is 1060. The van der Waals surface area contributed by atoms with Crippen LogP contribution in [0.4, 0.5) is 10.5 Å². The number of benzene rings is 2. The first kappa shape index (κ1) is 22.8. The van der Waals surface area contributed by atoms with E-state index >= 15 is 0 Å². The molecular formula is C25H27N3O4. The third-order valence-electron chi connectivity index (χ3n) is 4.23. The minimum absolute atomic E-state index is 0.252. The summed E-state index contributed by atoms with van der Waals surface area (Å²) in [6.07, 6.45) is 1.15. The molecule has 1 aromatic heterocycles. The van der Waals surface area contributed by atoms with Crippen molar-refractivity contribution < 1.29 is 19.1 Å². The number of pyridine rings is 1. The fourth-order valence-corrected chi connectivity index (χ4v) is 2.83. The highest BCUT2D eigenvalue weighted by molar-refractivity contribution is 5.96. The minimum Gasteiger partial charge on any atom is -0.487 e. The van der Waals surface area contributed by atoms with Gasteiger partial charge in [0.05, 0.1) is 5.69 Å². The number of aromatic nitrogens is 1. The number of carbonyl (C=O) groups is 2. The van der Waals surface area contributed by atoms with Gasteiger partial charge in [0.25, 0.3) is 5.91 Å². The van der Waals surface area contributed by atoms with Crippen molar-refractivity contribution in [3.63, 3.8) is 0 Å². The van der Waals surface area contributed by atoms with Crippen molar-refractivity contribution in [1.29, 1.82) is 0 Å². The van der Waals surface area contributed by atoms with Gasteiger partial charge in [0.2, 0.25) is 0 Å². The lowest BCUT2D eigenvalue weighted by Gasteiger charge is -2.19. The van der Waals surface area contributed by atoms with Crippen molar-refractivity contribution in [3.8, 4) is 5.75 Å². The van der Waals surface area contributed by atoms with Gasteiger partial charge >= 0.3 is 6.09 Å². The Hall–Kier alpha value is -3.87. The maximum atomic E-state index is 12.6. The van der Waals surface area contributed by atoms with Gasteiger partial charge < -0.3 is 14.8 Å². The Balaban J connectivity index is 1.55. The van der Waals surface area contributed by atoms with Crippen LogP contribution in [-0.2, 0) is 17.9 Å². The van der Waals surface area contributed by atoms with Gasteiger partial charge in [-0.3, -0.25) is 15.1 Å². The van der Waals surface area contributed by atoms with Crippen LogP contribution in [0, 0.1) is 0 Å². The molecule has 0 atom stereocenters. The predicted octanol–water partition coefficient (Wildman–Crippen LogP) is 4.94. The van der Waals surface area contributed by atoms with E-state index in [2.05, 4.69) is 15.6 Å². The summed E-state index contributed by atoms with van der Waals surface area (Å²) >= 11 is 0. The summed E-state index contributed by atoms with van der Waals surface area (Å²) in [5.41, 5.74) is 2.05. The number of nitrogens with zero attached hydrogens (tertiary/aromatic N) is 1. The van der Waals surface area contributed by atoms with Gasteiger partial charge in [0.15, 0.2) is 0 Å². The normalized spacial score (nSPS) is 10.8. The van der Waals surface area contributed by atoms with Crippen LogP contribution in [0.5, 0.6) is 5.75 Å². The lowest BCUT2D eigenvalue weighted by atomic mass is 10.1. The van der Waals surface area contributed by atoms with Gasteiger partial charge in [-0.1, -0.05) is 24.3 Å². The molecule has 0 unspecified atom stereocenters. The van der Waals surface area contributed by atoms with E-state index in [1.807, 2.05) is 42.5 Å². The lowest BCUT2D eigenvalue weighted by molar-refractivity contribution is 0.0635. The van der Waals surface area contributed by atoms with E-state index in [9.17, 15) is 9.59 Å². The third-order valence-corrected chi connectivity index (χ3v) is 4.23. The number of anilines is 1. The maximum Gasteiger partial charge on any atom is 0.412 e. The fourth-order valence-electron chi connectivity index (χ4n) is 2.83. The molecule has 3 aromatic rings. The van der Waals surface area contributed by atoms with Crippen LogP contribution in [0.1, 0.15) is 42.4 Å². The largest absolute Gasteiger partial charge is 0.487 e. The number of amides is 2. The first-order chi connectivity index (χ1) is 15.3. The SMILES string of the molecule is CC(C)(C)OC(=O)Nc1cccc(C(=O)NCc2cccc(OCc3ccccn3)c2)c1. The summed E-state index contributed by atoms with van der Waals surface area (Å²) in [6, 6.07) is 19.9. The number of rotatable bonds is 7. The molecule has 0 spiro atoms. The summed E-state index contributed by atoms with van der Waals surface area (Å²) < 4.78 is 11.0. The van der Waals surface area contributed by atoms with E-state index in [0.717, 1.165) is 11.3 Å². The zero-order valence-electron chi connectivity index (χ0n) is 18.4. The third kappa shape index (κ3) is 7.43. The van der Waals surface area contributed by atoms with Crippen molar-refractivity contribution >= 4 is 17.7 Å². The van der Waals surface area contributed by atoms with E-state index in [-0.39, 0.29) is 5.91 Å². The van der Waals surface area contributed by atoms with Gasteiger partial charge in [-0.2, -0.15) is 0 Å². The Labute approximate surface area is 187 Å². The van der Waals surface area contributed by atoms with Crippen molar-refractivity contribution in [3.05, 3.63) is 89.7 Å². The molecule has 7 heteroatoms. The molecule has 2 aromatic carbocycles. The maximum absolute atomic E-state index is 12.6. The van der Waals surface area contributed by atoms with Crippen LogP contribution >= 0.6 is 0 Å². The molecular weight excluding hydrogens is 406 g/mol. The molecule has 166 valence electrons. The molecule has 0 fully saturated rings. The molecule has 0 aliphatic rings. The fraction of sp³-hybridized carbons (Fsp3) is 0.240. The number of nitrogens with one attached hydrogen (secondary N) is 2. The Kier molecular flexibility index (Phi) is 7.44. The average molecular weight is 434 g/mol. The second kappa shape index (κ2) is 10.4. The van der Waals surface area contributed by atoms with E-state index < -0.39 is 11.7 Å². The summed E-state index contributed by atoms with van der Waals surface area (Å²) in [7, 11) is 0. The molecule has 0 saturated carbocycles. The van der Waals surface area contributed by atoms with Gasteiger partial charge in [-0.05, 0) is 68.8 Å². The predicted molar refractivity (Wildman–Crippen MR) is 122 cm³/mol. The highest BCUT2D eigenvalue weighted by atomic mass is 16.6. The molecule has 0 saturated heterocycles. The Morgan fingerprint density at radius 1 is 0.969 bits per heavy atom. The van der Waals surface area contributed by atoms with Gasteiger partial charge in [-0.15, -0.1) is 0 Å². The Morgan fingerprint density at radius 2 is 1.78 bits per heavy atom. The topological polar surface area (TPSA) is 89.5 Å². The number of hydrogen-bond acceptors (Lipinski definition) is 5. The van der Waals surface area contributed by atoms with Crippen molar-refractivity contribution in [2.75, 3.05) is 5.32 Å². The summed E-state index contributed by atoms with van der Waals surface area (Å²) in [5.74, 6) is 0.448. The molecule has 7 nitrogen and oxygen atoms in total. The van der Waals surface area contributed by atoms with Crippen LogP contribution in [0.25, 0.3) is 0 Å². The number of ether oxygens (including phenoxy) is 2. The van der Waals surface area contributed by atoms with E-state index in [4.69, 9.17) is 9.47 Å². The molecule has 0 aliphatic carbocycles. The van der Waals surface area contributed by atoms with Gasteiger partial charge in [0, 0.05) is 24.0 Å². The van der Waals surface area contributed by atoms with Crippen molar-refractivity contribution in [1.82, 2.24) is 10.3 Å². The van der Waals surface area contributed by atoms with E-state index in [0.29, 0.717) is 30.2 Å². The first-order valence-corrected chi connectivity index (χ1v) is 10.3. The van der Waals surface area contributed by atoms with E-state index in [1.54, 1.807) is 51.2 Å². The zero-order valence-corrected chi connectivity index (χ0v) is 18.4. The summed E-state index contributed by atoms with van der Waals surface area (Å²) in [4.78, 5) is 28.8. The summed E-state index contributed by atoms with van der Waals surface area (Å²) in [6.45, 7) is 6.07. The first-order valence-electron chi connectivity index (χ1n) is 10.3. The van der Waals surface area contributed by atoms with Crippen LogP contribution in [0.15, 0.2) is 72.9 Å². The molecule has 0 radical (unpaired) electrons. The average Bonchev–Trinajstić information content (AvgIpc) is 2.76. The van der Waals surface area contributed by atoms with Gasteiger partial charge in [0.1, 0.15) is 18.0 Å². The summed E-state index contributed by atoms with van der Waals surface area (Å²) in [5, 5.41) is 5.52. The number of hydrogen-bond donors (Lipinski definition) is 2. The molecule has 1 heterocycles. The van der Waals surface area contributed by atoms with Gasteiger partial charge in [-0.25, -0.2) is 4.79 Å².